The lowest BCUT2D eigenvalue weighted by Gasteiger charge is -2.26. The van der Waals surface area contributed by atoms with Gasteiger partial charge >= 0.3 is 6.18 Å². The third kappa shape index (κ3) is 3.05. The molecule has 0 atom stereocenters. The molecule has 1 aliphatic rings. The topological polar surface area (TPSA) is 72.6 Å². The van der Waals surface area contributed by atoms with Crippen molar-refractivity contribution in [3.05, 3.63) is 23.8 Å². The molecule has 1 aromatic carbocycles. The highest BCUT2D eigenvalue weighted by Crippen LogP contribution is 2.33. The van der Waals surface area contributed by atoms with E-state index in [1.807, 2.05) is 0 Å². The first-order valence-electron chi connectivity index (χ1n) is 5.77. The minimum atomic E-state index is -4.65. The van der Waals surface area contributed by atoms with Gasteiger partial charge in [-0.15, -0.1) is 0 Å². The van der Waals surface area contributed by atoms with Gasteiger partial charge in [-0.25, -0.2) is 8.42 Å². The molecule has 2 rings (SSSR count). The second kappa shape index (κ2) is 5.23. The van der Waals surface area contributed by atoms with Crippen LogP contribution in [0.4, 0.5) is 18.9 Å². The summed E-state index contributed by atoms with van der Waals surface area (Å²) in [5.74, 6) is 0. The molecule has 0 aromatic heterocycles. The van der Waals surface area contributed by atoms with E-state index in [2.05, 4.69) is 0 Å². The van der Waals surface area contributed by atoms with Gasteiger partial charge in [0.1, 0.15) is 0 Å². The van der Waals surface area contributed by atoms with Crippen LogP contribution in [0.5, 0.6) is 0 Å². The Kier molecular flexibility index (Phi) is 3.94. The van der Waals surface area contributed by atoms with Gasteiger partial charge in [0.2, 0.25) is 10.0 Å². The summed E-state index contributed by atoms with van der Waals surface area (Å²) in [7, 11) is -3.99. The molecule has 0 amide bonds. The molecule has 1 saturated heterocycles. The summed E-state index contributed by atoms with van der Waals surface area (Å²) in [4.78, 5) is -0.452. The average Bonchev–Trinajstić information content (AvgIpc) is 2.38. The van der Waals surface area contributed by atoms with Crippen molar-refractivity contribution >= 4 is 15.7 Å². The molecular weight excluding hydrogens is 297 g/mol. The first-order chi connectivity index (χ1) is 9.21. The van der Waals surface area contributed by atoms with Gasteiger partial charge in [-0.05, 0) is 18.2 Å². The number of morpholine rings is 1. The summed E-state index contributed by atoms with van der Waals surface area (Å²) in [6.45, 7) is 0.651. The summed E-state index contributed by atoms with van der Waals surface area (Å²) in [5, 5.41) is 0. The van der Waals surface area contributed by atoms with Crippen molar-refractivity contribution in [1.29, 1.82) is 0 Å². The summed E-state index contributed by atoms with van der Waals surface area (Å²) in [5.41, 5.74) is 4.05. The zero-order valence-electron chi connectivity index (χ0n) is 10.4. The molecule has 20 heavy (non-hydrogen) atoms. The lowest BCUT2D eigenvalue weighted by Crippen LogP contribution is -2.40. The maximum atomic E-state index is 12.7. The Balaban J connectivity index is 2.43. The summed E-state index contributed by atoms with van der Waals surface area (Å²) in [6, 6.07) is 2.33. The Morgan fingerprint density at radius 3 is 2.30 bits per heavy atom. The molecule has 0 radical (unpaired) electrons. The van der Waals surface area contributed by atoms with Crippen LogP contribution in [0.3, 0.4) is 0 Å². The van der Waals surface area contributed by atoms with Crippen LogP contribution in [-0.4, -0.2) is 39.0 Å². The predicted molar refractivity (Wildman–Crippen MR) is 65.4 cm³/mol. The molecule has 112 valence electrons. The second-order valence-corrected chi connectivity index (χ2v) is 6.24. The Morgan fingerprint density at radius 1 is 1.15 bits per heavy atom. The zero-order valence-corrected chi connectivity index (χ0v) is 11.2. The van der Waals surface area contributed by atoms with Gasteiger partial charge in [-0.2, -0.15) is 17.5 Å². The number of ether oxygens (including phenoxy) is 1. The monoisotopic (exact) mass is 310 g/mol. The number of halogens is 3. The molecular formula is C11H13F3N2O3S. The van der Waals surface area contributed by atoms with Gasteiger partial charge in [-0.1, -0.05) is 0 Å². The van der Waals surface area contributed by atoms with E-state index in [0.717, 1.165) is 10.4 Å². The van der Waals surface area contributed by atoms with Crippen LogP contribution in [-0.2, 0) is 20.9 Å². The first kappa shape index (κ1) is 15.1. The van der Waals surface area contributed by atoms with Gasteiger partial charge < -0.3 is 10.5 Å². The van der Waals surface area contributed by atoms with Gasteiger partial charge in [0.05, 0.1) is 23.7 Å². The number of benzene rings is 1. The van der Waals surface area contributed by atoms with E-state index in [1.54, 1.807) is 0 Å². The van der Waals surface area contributed by atoms with E-state index in [9.17, 15) is 21.6 Å². The Bertz CT molecular complexity index is 595. The fourth-order valence-corrected chi connectivity index (χ4v) is 3.36. The first-order valence-corrected chi connectivity index (χ1v) is 7.21. The molecule has 1 aromatic rings. The largest absolute Gasteiger partial charge is 0.416 e. The highest BCUT2D eigenvalue weighted by molar-refractivity contribution is 7.89. The Morgan fingerprint density at radius 2 is 1.75 bits per heavy atom. The van der Waals surface area contributed by atoms with E-state index in [-0.39, 0.29) is 32.0 Å². The number of anilines is 1. The number of nitrogens with zero attached hydrogens (tertiary/aromatic N) is 1. The third-order valence-electron chi connectivity index (χ3n) is 2.86. The summed E-state index contributed by atoms with van der Waals surface area (Å²) < 4.78 is 68.7. The van der Waals surface area contributed by atoms with Crippen molar-refractivity contribution in [3.8, 4) is 0 Å². The maximum Gasteiger partial charge on any atom is 0.416 e. The van der Waals surface area contributed by atoms with Crippen LogP contribution in [0, 0.1) is 0 Å². The van der Waals surface area contributed by atoms with E-state index in [0.29, 0.717) is 12.1 Å². The molecule has 0 unspecified atom stereocenters. The molecule has 1 aliphatic heterocycles. The fourth-order valence-electron chi connectivity index (χ4n) is 1.87. The second-order valence-electron chi connectivity index (χ2n) is 4.30. The molecule has 1 heterocycles. The lowest BCUT2D eigenvalue weighted by atomic mass is 10.2. The molecule has 0 bridgehead atoms. The Labute approximate surface area is 114 Å². The highest BCUT2D eigenvalue weighted by atomic mass is 32.2. The molecule has 0 spiro atoms. The van der Waals surface area contributed by atoms with Crippen LogP contribution in [0.2, 0.25) is 0 Å². The number of hydrogen-bond acceptors (Lipinski definition) is 4. The van der Waals surface area contributed by atoms with Gasteiger partial charge in [0.15, 0.2) is 0 Å². The van der Waals surface area contributed by atoms with Crippen LogP contribution >= 0.6 is 0 Å². The number of hydrogen-bond donors (Lipinski definition) is 1. The van der Waals surface area contributed by atoms with E-state index < -0.39 is 26.7 Å². The summed E-state index contributed by atoms with van der Waals surface area (Å²) >= 11 is 0. The number of nitrogens with two attached hydrogens (primary N) is 1. The SMILES string of the molecule is Nc1cc(C(F)(F)F)cc(S(=O)(=O)N2CCOCC2)c1. The predicted octanol–water partition coefficient (Wildman–Crippen LogP) is 1.31. The quantitative estimate of drug-likeness (QED) is 0.836. The minimum absolute atomic E-state index is 0.110. The zero-order chi connectivity index (χ0) is 15.0. The average molecular weight is 310 g/mol. The molecule has 1 fully saturated rings. The molecule has 9 heteroatoms. The molecule has 0 saturated carbocycles. The van der Waals surface area contributed by atoms with Crippen molar-refractivity contribution in [1.82, 2.24) is 4.31 Å². The molecule has 5 nitrogen and oxygen atoms in total. The van der Waals surface area contributed by atoms with Gasteiger partial charge in [0, 0.05) is 18.8 Å². The summed E-state index contributed by atoms with van der Waals surface area (Å²) in [6.07, 6.45) is -4.65. The van der Waals surface area contributed by atoms with Crippen molar-refractivity contribution in [2.24, 2.45) is 0 Å². The number of nitrogen functional groups attached to an aromatic ring is 1. The molecule has 0 aliphatic carbocycles. The Hall–Kier alpha value is -1.32. The third-order valence-corrected chi connectivity index (χ3v) is 4.74. The van der Waals surface area contributed by atoms with E-state index in [4.69, 9.17) is 10.5 Å². The van der Waals surface area contributed by atoms with Crippen LogP contribution in [0.25, 0.3) is 0 Å². The van der Waals surface area contributed by atoms with Crippen molar-refractivity contribution in [3.63, 3.8) is 0 Å². The number of rotatable bonds is 2. The van der Waals surface area contributed by atoms with Crippen molar-refractivity contribution in [2.75, 3.05) is 32.0 Å². The van der Waals surface area contributed by atoms with Gasteiger partial charge in [0.25, 0.3) is 0 Å². The number of sulfonamides is 1. The number of alkyl halides is 3. The van der Waals surface area contributed by atoms with Crippen LogP contribution in [0.15, 0.2) is 23.1 Å². The maximum absolute atomic E-state index is 12.7. The van der Waals surface area contributed by atoms with Crippen LogP contribution < -0.4 is 5.73 Å². The smallest absolute Gasteiger partial charge is 0.399 e. The highest BCUT2D eigenvalue weighted by Gasteiger charge is 2.34. The molecule has 2 N–H and O–H groups in total. The normalized spacial score (nSPS) is 18.1. The van der Waals surface area contributed by atoms with E-state index in [1.165, 1.54) is 0 Å². The minimum Gasteiger partial charge on any atom is -0.399 e. The van der Waals surface area contributed by atoms with Crippen molar-refractivity contribution < 1.29 is 26.3 Å². The van der Waals surface area contributed by atoms with Gasteiger partial charge in [-0.3, -0.25) is 0 Å². The van der Waals surface area contributed by atoms with E-state index >= 15 is 0 Å². The fraction of sp³-hybridized carbons (Fsp3) is 0.455. The van der Waals surface area contributed by atoms with Crippen LogP contribution in [0.1, 0.15) is 5.56 Å². The standard InChI is InChI=1S/C11H13F3N2O3S/c12-11(13,14)8-5-9(15)7-10(6-8)20(17,18)16-1-3-19-4-2-16/h5-7H,1-4,15H2. The van der Waals surface area contributed by atoms with Crippen molar-refractivity contribution in [2.45, 2.75) is 11.1 Å². The lowest BCUT2D eigenvalue weighted by molar-refractivity contribution is -0.137.